The molecule has 0 bridgehead atoms. The maximum atomic E-state index is 12.7. The number of amides is 2. The molecule has 2 fully saturated rings. The van der Waals surface area contributed by atoms with E-state index in [2.05, 4.69) is 10.6 Å². The summed E-state index contributed by atoms with van der Waals surface area (Å²) in [5.74, 6) is -2.53. The molecule has 0 aromatic heterocycles. The molecule has 4 rings (SSSR count). The Bertz CT molecular complexity index is 1700. The Balaban J connectivity index is 0.000000335. The van der Waals surface area contributed by atoms with Crippen molar-refractivity contribution in [1.82, 2.24) is 10.6 Å². The molecule has 0 aliphatic carbocycles. The van der Waals surface area contributed by atoms with Crippen LogP contribution in [-0.4, -0.2) is 134 Å². The van der Waals surface area contributed by atoms with E-state index < -0.39 is 77.8 Å². The monoisotopic (exact) mass is 888 g/mol. The van der Waals surface area contributed by atoms with Gasteiger partial charge in [-0.05, 0) is 85.8 Å². The lowest BCUT2D eigenvalue weighted by molar-refractivity contribution is -0.162. The van der Waals surface area contributed by atoms with Gasteiger partial charge in [0.2, 0.25) is 0 Å². The second-order valence-electron chi connectivity index (χ2n) is 17.5. The van der Waals surface area contributed by atoms with Crippen LogP contribution in [0.25, 0.3) is 0 Å². The van der Waals surface area contributed by atoms with Crippen LogP contribution in [0.1, 0.15) is 79.4 Å². The first-order valence-electron chi connectivity index (χ1n) is 21.4. The number of carboxylic acid groups (broad SMARTS) is 1. The van der Waals surface area contributed by atoms with E-state index >= 15 is 0 Å². The number of aliphatic hydroxyl groups is 1. The predicted molar refractivity (Wildman–Crippen MR) is 230 cm³/mol. The normalized spacial score (nSPS) is 24.7. The number of alkyl carbamates (subject to hydrolysis) is 2. The first kappa shape index (κ1) is 52.5. The van der Waals surface area contributed by atoms with E-state index in [0.717, 1.165) is 11.1 Å². The molecule has 8 atom stereocenters. The predicted octanol–water partition coefficient (Wildman–Crippen LogP) is 5.03. The zero-order valence-electron chi connectivity index (χ0n) is 37.9. The molecule has 352 valence electrons. The lowest BCUT2D eigenvalue weighted by Crippen LogP contribution is -2.47. The average molecular weight is 889 g/mol. The molecule has 4 N–H and O–H groups in total. The number of carboxylic acids is 1. The minimum atomic E-state index is -1.04. The second kappa shape index (κ2) is 26.1. The van der Waals surface area contributed by atoms with Crippen LogP contribution in [0.15, 0.2) is 60.7 Å². The van der Waals surface area contributed by atoms with Gasteiger partial charge in [-0.2, -0.15) is 0 Å². The van der Waals surface area contributed by atoms with Gasteiger partial charge in [0.15, 0.2) is 12.1 Å². The number of benzene rings is 2. The fourth-order valence-electron chi connectivity index (χ4n) is 6.83. The largest absolute Gasteiger partial charge is 0.481 e. The third-order valence-electron chi connectivity index (χ3n) is 9.56. The van der Waals surface area contributed by atoms with Crippen LogP contribution in [0, 0.1) is 11.8 Å². The summed E-state index contributed by atoms with van der Waals surface area (Å²) in [7, 11) is 0. The molecule has 63 heavy (non-hydrogen) atoms. The van der Waals surface area contributed by atoms with Gasteiger partial charge in [-0.15, -0.1) is 0 Å². The van der Waals surface area contributed by atoms with Gasteiger partial charge in [-0.3, -0.25) is 4.79 Å². The molecule has 0 saturated carbocycles. The minimum absolute atomic E-state index is 0.0165. The van der Waals surface area contributed by atoms with Crippen molar-refractivity contribution < 1.29 is 72.1 Å². The van der Waals surface area contributed by atoms with Gasteiger partial charge < -0.3 is 58.7 Å². The van der Waals surface area contributed by atoms with Gasteiger partial charge in [0, 0.05) is 25.0 Å². The molecule has 2 aromatic rings. The molecule has 2 aliphatic rings. The van der Waals surface area contributed by atoms with Gasteiger partial charge in [0.05, 0.1) is 51.7 Å². The number of aliphatic hydroxyl groups excluding tert-OH is 1. The average Bonchev–Trinajstić information content (AvgIpc) is 3.26. The summed E-state index contributed by atoms with van der Waals surface area (Å²) >= 11 is 0. The van der Waals surface area contributed by atoms with E-state index in [1.165, 1.54) is 0 Å². The third-order valence-corrected chi connectivity index (χ3v) is 9.56. The van der Waals surface area contributed by atoms with Crippen molar-refractivity contribution in [2.45, 2.75) is 129 Å². The molecule has 0 radical (unpaired) electrons. The van der Waals surface area contributed by atoms with Crippen molar-refractivity contribution in [2.24, 2.45) is 11.8 Å². The van der Waals surface area contributed by atoms with Gasteiger partial charge in [-0.1, -0.05) is 60.7 Å². The van der Waals surface area contributed by atoms with Crippen molar-refractivity contribution in [1.29, 1.82) is 0 Å². The fourth-order valence-corrected chi connectivity index (χ4v) is 6.83. The molecular weight excluding hydrogens is 821 g/mol. The van der Waals surface area contributed by atoms with Crippen LogP contribution in [0.3, 0.4) is 0 Å². The van der Waals surface area contributed by atoms with E-state index in [9.17, 15) is 24.0 Å². The molecule has 0 spiro atoms. The topological polar surface area (TPSA) is 224 Å². The SMILES string of the molecule is C[C@@H]1OC(=O)[C@@H](NC(=O)OC(C)(C)C)COC[C@H](Cc2ccccc2)[C@H]1OCCC(=O)O.C[C@@H]1OC(=O)[C@@H](NC(=O)OC(C)(C)C)COC[C@H](Cc2ccccc2)[C@H]1OCCCO. The summed E-state index contributed by atoms with van der Waals surface area (Å²) in [5.41, 5.74) is 0.764. The zero-order chi connectivity index (χ0) is 46.6. The van der Waals surface area contributed by atoms with Crippen LogP contribution < -0.4 is 10.6 Å². The van der Waals surface area contributed by atoms with E-state index in [0.29, 0.717) is 32.5 Å². The Morgan fingerprint density at radius 2 is 1.05 bits per heavy atom. The van der Waals surface area contributed by atoms with Crippen LogP contribution in [0.5, 0.6) is 0 Å². The number of esters is 2. The summed E-state index contributed by atoms with van der Waals surface area (Å²) in [6, 6.07) is 17.7. The highest BCUT2D eigenvalue weighted by Crippen LogP contribution is 2.25. The Labute approximate surface area is 370 Å². The Kier molecular flexibility index (Phi) is 21.8. The standard InChI is InChI=1S/C23H33NO8.C23H35NO7/c1-15-20(30-11-10-19(25)26)17(12-16-8-6-5-7-9-16)13-29-14-18(21(27)31-15)24-22(28)32-23(2,3)4;1-16-20(29-12-8-11-25)18(13-17-9-6-5-7-10-17)14-28-15-19(21(26)30-16)24-22(27)31-23(2,3)4/h5-9,15,17-18,20H,10-14H2,1-4H3,(H,24,28)(H,25,26);5-7,9-10,16,18-20,25H,8,11-15H2,1-4H3,(H,24,27)/t15-,17-,18-,20-;16-,18-,19-,20-/m00/s1. The number of nitrogens with one attached hydrogen (secondary N) is 2. The lowest BCUT2D eigenvalue weighted by atomic mass is 9.91. The summed E-state index contributed by atoms with van der Waals surface area (Å²) in [6.07, 6.45) is -2.13. The number of carbonyl (C=O) groups excluding carboxylic acids is 4. The van der Waals surface area contributed by atoms with E-state index in [1.807, 2.05) is 60.7 Å². The first-order chi connectivity index (χ1) is 29.7. The highest BCUT2D eigenvalue weighted by atomic mass is 16.6. The van der Waals surface area contributed by atoms with Gasteiger partial charge in [0.1, 0.15) is 23.4 Å². The highest BCUT2D eigenvalue weighted by Gasteiger charge is 2.38. The third kappa shape index (κ3) is 20.5. The molecule has 2 amide bonds. The van der Waals surface area contributed by atoms with Crippen molar-refractivity contribution >= 4 is 30.1 Å². The number of cyclic esters (lactones) is 2. The smallest absolute Gasteiger partial charge is 0.408 e. The number of carbonyl (C=O) groups is 5. The first-order valence-corrected chi connectivity index (χ1v) is 21.4. The van der Waals surface area contributed by atoms with E-state index in [4.69, 9.17) is 48.1 Å². The lowest BCUT2D eigenvalue weighted by Gasteiger charge is -2.31. The maximum Gasteiger partial charge on any atom is 0.408 e. The van der Waals surface area contributed by atoms with Crippen LogP contribution in [0.4, 0.5) is 9.59 Å². The molecule has 0 unspecified atom stereocenters. The van der Waals surface area contributed by atoms with Crippen molar-refractivity contribution in [3.05, 3.63) is 71.8 Å². The highest BCUT2D eigenvalue weighted by molar-refractivity contribution is 5.82. The Hall–Kier alpha value is -4.81. The molecule has 17 heteroatoms. The summed E-state index contributed by atoms with van der Waals surface area (Å²) in [4.78, 5) is 60.6. The fraction of sp³-hybridized carbons (Fsp3) is 0.630. The minimum Gasteiger partial charge on any atom is -0.481 e. The number of aliphatic carboxylic acids is 1. The molecule has 17 nitrogen and oxygen atoms in total. The second-order valence-corrected chi connectivity index (χ2v) is 17.5. The summed E-state index contributed by atoms with van der Waals surface area (Å²) in [6.45, 7) is 14.7. The quantitative estimate of drug-likeness (QED) is 0.111. The molecule has 2 aromatic carbocycles. The molecular formula is C46H68N2O15. The summed E-state index contributed by atoms with van der Waals surface area (Å²) in [5, 5.41) is 23.1. The van der Waals surface area contributed by atoms with Crippen LogP contribution in [0.2, 0.25) is 0 Å². The summed E-state index contributed by atoms with van der Waals surface area (Å²) < 4.78 is 45.2. The molecule has 2 heterocycles. The van der Waals surface area contributed by atoms with Gasteiger partial charge >= 0.3 is 30.1 Å². The van der Waals surface area contributed by atoms with Gasteiger partial charge in [0.25, 0.3) is 0 Å². The molecule has 2 aliphatic heterocycles. The number of ether oxygens (including phenoxy) is 8. The number of rotatable bonds is 14. The number of hydrogen-bond donors (Lipinski definition) is 4. The zero-order valence-corrected chi connectivity index (χ0v) is 37.9. The van der Waals surface area contributed by atoms with Crippen molar-refractivity contribution in [3.8, 4) is 0 Å². The van der Waals surface area contributed by atoms with Crippen LogP contribution in [-0.2, 0) is 65.1 Å². The van der Waals surface area contributed by atoms with Gasteiger partial charge in [-0.25, -0.2) is 19.2 Å². The van der Waals surface area contributed by atoms with E-state index in [-0.39, 0.29) is 51.3 Å². The van der Waals surface area contributed by atoms with Crippen molar-refractivity contribution in [3.63, 3.8) is 0 Å². The molecule has 2 saturated heterocycles. The Morgan fingerprint density at radius 1 is 0.651 bits per heavy atom. The van der Waals surface area contributed by atoms with Crippen molar-refractivity contribution in [2.75, 3.05) is 46.2 Å². The number of hydrogen-bond acceptors (Lipinski definition) is 14. The van der Waals surface area contributed by atoms with E-state index in [1.54, 1.807) is 55.4 Å². The van der Waals surface area contributed by atoms with Crippen LogP contribution >= 0.6 is 0 Å². The maximum absolute atomic E-state index is 12.7. The Morgan fingerprint density at radius 3 is 1.41 bits per heavy atom.